The van der Waals surface area contributed by atoms with Crippen LogP contribution in [0, 0.1) is 0 Å². The Morgan fingerprint density at radius 2 is 2.35 bits per heavy atom. The molecule has 1 aromatic heterocycles. The largest absolute Gasteiger partial charge is 0.435 e. The number of hydrogen-bond donors (Lipinski definition) is 2. The predicted octanol–water partition coefficient (Wildman–Crippen LogP) is 2.41. The zero-order chi connectivity index (χ0) is 12.3. The van der Waals surface area contributed by atoms with Gasteiger partial charge in [-0.2, -0.15) is 30.0 Å². The number of nitrogens with one attached hydrogen (secondary N) is 2. The molecule has 0 amide bonds. The van der Waals surface area contributed by atoms with Gasteiger partial charge in [-0.05, 0) is 24.7 Å². The van der Waals surface area contributed by atoms with E-state index in [4.69, 9.17) is 0 Å². The van der Waals surface area contributed by atoms with Gasteiger partial charge in [0.2, 0.25) is 0 Å². The van der Waals surface area contributed by atoms with Crippen molar-refractivity contribution in [2.24, 2.45) is 0 Å². The van der Waals surface area contributed by atoms with Crippen molar-refractivity contribution in [3.8, 4) is 0 Å². The van der Waals surface area contributed by atoms with Crippen LogP contribution in [0.2, 0.25) is 0 Å². The Morgan fingerprint density at radius 3 is 2.94 bits per heavy atom. The molecule has 7 heteroatoms. The molecule has 1 unspecified atom stereocenters. The molecule has 1 aromatic rings. The van der Waals surface area contributed by atoms with E-state index in [9.17, 15) is 13.2 Å². The molecule has 2 heterocycles. The number of rotatable bonds is 4. The molecule has 0 saturated carbocycles. The third-order valence-electron chi connectivity index (χ3n) is 2.63. The van der Waals surface area contributed by atoms with Gasteiger partial charge in [0.25, 0.3) is 0 Å². The normalized spacial score (nSPS) is 21.0. The standard InChI is InChI=1S/C10H14F3N3S/c11-10(12,13)9-4-7(15-16-9)5-14-6-8-2-1-3-17-8/h4,8,14H,1-3,5-6H2,(H,15,16). The van der Waals surface area contributed by atoms with E-state index in [0.717, 1.165) is 12.6 Å². The Hall–Kier alpha value is -0.690. The number of nitrogens with zero attached hydrogens (tertiary/aromatic N) is 1. The Bertz CT molecular complexity index is 358. The zero-order valence-corrected chi connectivity index (χ0v) is 10.00. The third-order valence-corrected chi connectivity index (χ3v) is 4.03. The molecule has 2 rings (SSSR count). The van der Waals surface area contributed by atoms with E-state index in [0.29, 0.717) is 17.5 Å². The van der Waals surface area contributed by atoms with Crippen LogP contribution in [0.25, 0.3) is 0 Å². The minimum atomic E-state index is -4.37. The van der Waals surface area contributed by atoms with Gasteiger partial charge in [0.1, 0.15) is 0 Å². The van der Waals surface area contributed by atoms with Crippen molar-refractivity contribution in [3.05, 3.63) is 17.5 Å². The Balaban J connectivity index is 1.77. The number of aromatic nitrogens is 2. The van der Waals surface area contributed by atoms with Gasteiger partial charge in [-0.15, -0.1) is 0 Å². The van der Waals surface area contributed by atoms with Gasteiger partial charge in [-0.3, -0.25) is 5.10 Å². The molecule has 17 heavy (non-hydrogen) atoms. The summed E-state index contributed by atoms with van der Waals surface area (Å²) in [5, 5.41) is 9.39. The third kappa shape index (κ3) is 3.64. The molecule has 1 aliphatic rings. The van der Waals surface area contributed by atoms with Crippen molar-refractivity contribution in [1.82, 2.24) is 15.5 Å². The smallest absolute Gasteiger partial charge is 0.310 e. The minimum absolute atomic E-state index is 0.403. The Morgan fingerprint density at radius 1 is 1.53 bits per heavy atom. The van der Waals surface area contributed by atoms with Crippen LogP contribution in [-0.4, -0.2) is 27.7 Å². The Labute approximate surface area is 102 Å². The van der Waals surface area contributed by atoms with E-state index in [1.54, 1.807) is 0 Å². The molecule has 1 aliphatic heterocycles. The van der Waals surface area contributed by atoms with Gasteiger partial charge in [0.05, 0.1) is 0 Å². The van der Waals surface area contributed by atoms with Crippen LogP contribution in [0.5, 0.6) is 0 Å². The molecule has 1 fully saturated rings. The lowest BCUT2D eigenvalue weighted by Gasteiger charge is -2.08. The summed E-state index contributed by atoms with van der Waals surface area (Å²) in [5.74, 6) is 1.19. The van der Waals surface area contributed by atoms with Gasteiger partial charge < -0.3 is 5.32 Å². The second kappa shape index (κ2) is 5.30. The summed E-state index contributed by atoms with van der Waals surface area (Å²) in [5.41, 5.74) is -0.384. The number of thioether (sulfide) groups is 1. The fourth-order valence-corrected chi connectivity index (χ4v) is 3.01. The molecular formula is C10H14F3N3S. The maximum absolute atomic E-state index is 12.3. The quantitative estimate of drug-likeness (QED) is 0.878. The van der Waals surface area contributed by atoms with Crippen molar-refractivity contribution in [2.45, 2.75) is 30.8 Å². The summed E-state index contributed by atoms with van der Waals surface area (Å²) in [4.78, 5) is 0. The number of halogens is 3. The van der Waals surface area contributed by atoms with Gasteiger partial charge in [0, 0.05) is 24.0 Å². The highest BCUT2D eigenvalue weighted by Crippen LogP contribution is 2.28. The van der Waals surface area contributed by atoms with Crippen LogP contribution < -0.4 is 5.32 Å². The Kier molecular flexibility index (Phi) is 3.98. The highest BCUT2D eigenvalue weighted by molar-refractivity contribution is 8.00. The fraction of sp³-hybridized carbons (Fsp3) is 0.700. The molecule has 1 saturated heterocycles. The molecule has 0 spiro atoms. The molecule has 0 aromatic carbocycles. The average molecular weight is 265 g/mol. The van der Waals surface area contributed by atoms with Gasteiger partial charge in [-0.25, -0.2) is 0 Å². The van der Waals surface area contributed by atoms with Crippen molar-refractivity contribution in [2.75, 3.05) is 12.3 Å². The van der Waals surface area contributed by atoms with Crippen LogP contribution in [0.3, 0.4) is 0 Å². The van der Waals surface area contributed by atoms with E-state index < -0.39 is 11.9 Å². The summed E-state index contributed by atoms with van der Waals surface area (Å²) >= 11 is 1.92. The lowest BCUT2D eigenvalue weighted by Crippen LogP contribution is -2.22. The van der Waals surface area contributed by atoms with Crippen LogP contribution in [0.4, 0.5) is 13.2 Å². The monoisotopic (exact) mass is 265 g/mol. The lowest BCUT2D eigenvalue weighted by atomic mass is 10.2. The fourth-order valence-electron chi connectivity index (χ4n) is 1.77. The van der Waals surface area contributed by atoms with Crippen LogP contribution >= 0.6 is 11.8 Å². The van der Waals surface area contributed by atoms with Crippen molar-refractivity contribution >= 4 is 11.8 Å². The SMILES string of the molecule is FC(F)(F)c1cc(CNCC2CCCS2)[nH]n1. The predicted molar refractivity (Wildman–Crippen MR) is 60.8 cm³/mol. The number of alkyl halides is 3. The van der Waals surface area contributed by atoms with Crippen LogP contribution in [0.1, 0.15) is 24.2 Å². The second-order valence-electron chi connectivity index (χ2n) is 4.04. The summed E-state index contributed by atoms with van der Waals surface area (Å²) in [6.45, 7) is 1.24. The first kappa shape index (κ1) is 12.8. The van der Waals surface area contributed by atoms with Crippen molar-refractivity contribution < 1.29 is 13.2 Å². The first-order valence-electron chi connectivity index (χ1n) is 5.49. The highest BCUT2D eigenvalue weighted by Gasteiger charge is 2.33. The minimum Gasteiger partial charge on any atom is -0.310 e. The number of aromatic amines is 1. The molecule has 0 radical (unpaired) electrons. The van der Waals surface area contributed by atoms with Gasteiger partial charge >= 0.3 is 6.18 Å². The highest BCUT2D eigenvalue weighted by atomic mass is 32.2. The topological polar surface area (TPSA) is 40.7 Å². The second-order valence-corrected chi connectivity index (χ2v) is 5.45. The summed E-state index contributed by atoms with van der Waals surface area (Å²) in [7, 11) is 0. The van der Waals surface area contributed by atoms with Crippen molar-refractivity contribution in [3.63, 3.8) is 0 Å². The summed E-state index contributed by atoms with van der Waals surface area (Å²) < 4.78 is 36.8. The molecule has 3 nitrogen and oxygen atoms in total. The van der Waals surface area contributed by atoms with E-state index >= 15 is 0 Å². The van der Waals surface area contributed by atoms with Gasteiger partial charge in [0.15, 0.2) is 5.69 Å². The molecule has 96 valence electrons. The van der Waals surface area contributed by atoms with E-state index in [-0.39, 0.29) is 0 Å². The maximum atomic E-state index is 12.3. The average Bonchev–Trinajstić information content (AvgIpc) is 2.86. The van der Waals surface area contributed by atoms with E-state index in [1.165, 1.54) is 18.6 Å². The molecule has 2 N–H and O–H groups in total. The first-order valence-corrected chi connectivity index (χ1v) is 6.54. The van der Waals surface area contributed by atoms with Crippen LogP contribution in [-0.2, 0) is 12.7 Å². The van der Waals surface area contributed by atoms with Crippen LogP contribution in [0.15, 0.2) is 6.07 Å². The zero-order valence-electron chi connectivity index (χ0n) is 9.18. The number of hydrogen-bond acceptors (Lipinski definition) is 3. The molecule has 0 bridgehead atoms. The first-order chi connectivity index (χ1) is 8.05. The maximum Gasteiger partial charge on any atom is 0.435 e. The number of H-pyrrole nitrogens is 1. The molecular weight excluding hydrogens is 251 g/mol. The summed E-state index contributed by atoms with van der Waals surface area (Å²) in [6.07, 6.45) is -1.94. The van der Waals surface area contributed by atoms with E-state index in [1.807, 2.05) is 11.8 Å². The lowest BCUT2D eigenvalue weighted by molar-refractivity contribution is -0.141. The van der Waals surface area contributed by atoms with Gasteiger partial charge in [-0.1, -0.05) is 0 Å². The van der Waals surface area contributed by atoms with Crippen molar-refractivity contribution in [1.29, 1.82) is 0 Å². The summed E-state index contributed by atoms with van der Waals surface area (Å²) in [6, 6.07) is 1.05. The molecule has 1 atom stereocenters. The molecule has 0 aliphatic carbocycles. The van der Waals surface area contributed by atoms with E-state index in [2.05, 4.69) is 15.5 Å².